The molecule has 0 unspecified atom stereocenters. The number of hydrogen-bond donors (Lipinski definition) is 1. The zero-order valence-electron chi connectivity index (χ0n) is 11.1. The zero-order chi connectivity index (χ0) is 14.5. The van der Waals surface area contributed by atoms with E-state index < -0.39 is 10.0 Å². The largest absolute Gasteiger partial charge is 0.241 e. The van der Waals surface area contributed by atoms with Gasteiger partial charge >= 0.3 is 0 Å². The fraction of sp³-hybridized carbons (Fsp3) is 0.538. The molecule has 0 heterocycles. The van der Waals surface area contributed by atoms with Gasteiger partial charge in [-0.3, -0.25) is 0 Å². The molecule has 108 valence electrons. The Kier molecular flexibility index (Phi) is 6.50. The lowest BCUT2D eigenvalue weighted by Gasteiger charge is -2.24. The van der Waals surface area contributed by atoms with Crippen molar-refractivity contribution in [2.75, 3.05) is 11.9 Å². The minimum absolute atomic E-state index is 0.0535. The molecule has 0 amide bonds. The highest BCUT2D eigenvalue weighted by Gasteiger charge is 2.23. The third kappa shape index (κ3) is 5.53. The van der Waals surface area contributed by atoms with Crippen molar-refractivity contribution in [2.45, 2.75) is 31.6 Å². The van der Waals surface area contributed by atoms with Crippen LogP contribution in [-0.4, -0.2) is 20.3 Å². The molecule has 1 aromatic carbocycles. The van der Waals surface area contributed by atoms with E-state index in [4.69, 9.17) is 0 Å². The van der Waals surface area contributed by atoms with Crippen LogP contribution in [0.3, 0.4) is 0 Å². The van der Waals surface area contributed by atoms with Gasteiger partial charge in [-0.25, -0.2) is 13.1 Å². The van der Waals surface area contributed by atoms with Gasteiger partial charge in [0.2, 0.25) is 10.0 Å². The number of nitrogens with one attached hydrogen (secondary N) is 1. The van der Waals surface area contributed by atoms with Crippen LogP contribution < -0.4 is 4.72 Å². The number of halogens is 2. The third-order valence-electron chi connectivity index (χ3n) is 2.85. The van der Waals surface area contributed by atoms with Gasteiger partial charge in [0.15, 0.2) is 0 Å². The lowest BCUT2D eigenvalue weighted by molar-refractivity contribution is 0.332. The molecular formula is C13H19Br2NO2S. The van der Waals surface area contributed by atoms with Gasteiger partial charge in [0.1, 0.15) is 0 Å². The van der Waals surface area contributed by atoms with Crippen molar-refractivity contribution < 1.29 is 8.42 Å². The van der Waals surface area contributed by atoms with Crippen molar-refractivity contribution in [3.8, 4) is 0 Å². The number of alkyl halides is 1. The Balaban J connectivity index is 2.74. The molecule has 1 rings (SSSR count). The van der Waals surface area contributed by atoms with Crippen LogP contribution in [0, 0.1) is 5.41 Å². The molecule has 0 radical (unpaired) electrons. The van der Waals surface area contributed by atoms with Gasteiger partial charge < -0.3 is 0 Å². The summed E-state index contributed by atoms with van der Waals surface area (Å²) in [6.07, 6.45) is 2.00. The van der Waals surface area contributed by atoms with E-state index in [0.29, 0.717) is 11.0 Å². The molecule has 0 saturated carbocycles. The first-order valence-corrected chi connectivity index (χ1v) is 9.48. The minimum Gasteiger partial charge on any atom is -0.211 e. The Hall–Kier alpha value is 0.0900. The molecule has 1 N–H and O–H groups in total. The Bertz CT molecular complexity index is 515. The maximum absolute atomic E-state index is 12.2. The van der Waals surface area contributed by atoms with Crippen LogP contribution in [-0.2, 0) is 10.0 Å². The van der Waals surface area contributed by atoms with Gasteiger partial charge in [-0.05, 0) is 46.3 Å². The second kappa shape index (κ2) is 7.20. The van der Waals surface area contributed by atoms with Crippen molar-refractivity contribution in [1.82, 2.24) is 4.72 Å². The quantitative estimate of drug-likeness (QED) is 0.689. The van der Waals surface area contributed by atoms with Crippen LogP contribution in [0.1, 0.15) is 26.7 Å². The Morgan fingerprint density at radius 3 is 2.47 bits per heavy atom. The summed E-state index contributed by atoms with van der Waals surface area (Å²) in [5.41, 5.74) is -0.0535. The molecule has 0 aliphatic rings. The van der Waals surface area contributed by atoms with E-state index in [1.807, 2.05) is 0 Å². The molecule has 0 aliphatic carbocycles. The summed E-state index contributed by atoms with van der Waals surface area (Å²) in [6.45, 7) is 4.57. The van der Waals surface area contributed by atoms with E-state index in [1.54, 1.807) is 24.3 Å². The van der Waals surface area contributed by atoms with E-state index in [-0.39, 0.29) is 10.3 Å². The molecule has 0 aromatic heterocycles. The number of rotatable bonds is 7. The predicted molar refractivity (Wildman–Crippen MR) is 86.1 cm³/mol. The SMILES string of the molecule is CC(C)(CCCBr)CNS(=O)(=O)c1ccccc1Br. The molecule has 1 aromatic rings. The third-order valence-corrected chi connectivity index (χ3v) is 5.83. The average molecular weight is 413 g/mol. The smallest absolute Gasteiger partial charge is 0.211 e. The molecule has 3 nitrogen and oxygen atoms in total. The fourth-order valence-electron chi connectivity index (χ4n) is 1.66. The van der Waals surface area contributed by atoms with E-state index in [1.165, 1.54) is 0 Å². The predicted octanol–water partition coefficient (Wildman–Crippen LogP) is 3.93. The summed E-state index contributed by atoms with van der Waals surface area (Å²) in [7, 11) is -3.46. The molecule has 0 spiro atoms. The Labute approximate surface area is 132 Å². The van der Waals surface area contributed by atoms with Crippen LogP contribution >= 0.6 is 31.9 Å². The molecule has 0 fully saturated rings. The average Bonchev–Trinajstić information content (AvgIpc) is 2.35. The molecule has 6 heteroatoms. The van der Waals surface area contributed by atoms with Gasteiger partial charge in [0.05, 0.1) is 4.90 Å². The second-order valence-corrected chi connectivity index (χ2v) is 8.59. The van der Waals surface area contributed by atoms with Crippen molar-refractivity contribution in [3.63, 3.8) is 0 Å². The van der Waals surface area contributed by atoms with Crippen LogP contribution in [0.2, 0.25) is 0 Å². The summed E-state index contributed by atoms with van der Waals surface area (Å²) < 4.78 is 27.7. The molecular weight excluding hydrogens is 394 g/mol. The van der Waals surface area contributed by atoms with Gasteiger partial charge in [0.25, 0.3) is 0 Å². The summed E-state index contributed by atoms with van der Waals surface area (Å²) >= 11 is 6.66. The topological polar surface area (TPSA) is 46.2 Å². The zero-order valence-corrected chi connectivity index (χ0v) is 15.1. The maximum atomic E-state index is 12.2. The summed E-state index contributed by atoms with van der Waals surface area (Å²) in [6, 6.07) is 6.83. The molecule has 19 heavy (non-hydrogen) atoms. The lowest BCUT2D eigenvalue weighted by Crippen LogP contribution is -2.34. The number of hydrogen-bond acceptors (Lipinski definition) is 2. The van der Waals surface area contributed by atoms with E-state index in [2.05, 4.69) is 50.4 Å². The normalized spacial score (nSPS) is 12.6. The van der Waals surface area contributed by atoms with E-state index >= 15 is 0 Å². The highest BCUT2D eigenvalue weighted by Crippen LogP contribution is 2.24. The summed E-state index contributed by atoms with van der Waals surface area (Å²) in [5, 5.41) is 0.938. The van der Waals surface area contributed by atoms with Crippen LogP contribution in [0.25, 0.3) is 0 Å². The Morgan fingerprint density at radius 2 is 1.89 bits per heavy atom. The van der Waals surface area contributed by atoms with Gasteiger partial charge in [-0.1, -0.05) is 41.9 Å². The van der Waals surface area contributed by atoms with Crippen molar-refractivity contribution in [1.29, 1.82) is 0 Å². The van der Waals surface area contributed by atoms with Crippen molar-refractivity contribution in [3.05, 3.63) is 28.7 Å². The summed E-state index contributed by atoms with van der Waals surface area (Å²) in [4.78, 5) is 0.284. The van der Waals surface area contributed by atoms with Gasteiger partial charge in [-0.15, -0.1) is 0 Å². The molecule has 0 atom stereocenters. The Morgan fingerprint density at radius 1 is 1.26 bits per heavy atom. The first kappa shape index (κ1) is 17.1. The highest BCUT2D eigenvalue weighted by molar-refractivity contribution is 9.10. The lowest BCUT2D eigenvalue weighted by atomic mass is 9.88. The van der Waals surface area contributed by atoms with Gasteiger partial charge in [-0.2, -0.15) is 0 Å². The molecule has 0 aliphatic heterocycles. The highest BCUT2D eigenvalue weighted by atomic mass is 79.9. The number of sulfonamides is 1. The monoisotopic (exact) mass is 411 g/mol. The van der Waals surface area contributed by atoms with Crippen molar-refractivity contribution in [2.24, 2.45) is 5.41 Å². The van der Waals surface area contributed by atoms with Crippen molar-refractivity contribution >= 4 is 41.9 Å². The standard InChI is InChI=1S/C13H19Br2NO2S/c1-13(2,8-5-9-14)10-16-19(17,18)12-7-4-3-6-11(12)15/h3-4,6-7,16H,5,8-10H2,1-2H3. The minimum atomic E-state index is -3.46. The number of benzene rings is 1. The first-order valence-electron chi connectivity index (χ1n) is 6.09. The summed E-state index contributed by atoms with van der Waals surface area (Å²) in [5.74, 6) is 0. The van der Waals surface area contributed by atoms with Gasteiger partial charge in [0, 0.05) is 16.3 Å². The van der Waals surface area contributed by atoms with E-state index in [9.17, 15) is 8.42 Å². The molecule has 0 bridgehead atoms. The maximum Gasteiger partial charge on any atom is 0.241 e. The second-order valence-electron chi connectivity index (χ2n) is 5.21. The van der Waals surface area contributed by atoms with Crippen LogP contribution in [0.4, 0.5) is 0 Å². The van der Waals surface area contributed by atoms with Crippen LogP contribution in [0.15, 0.2) is 33.6 Å². The molecule has 0 saturated heterocycles. The van der Waals surface area contributed by atoms with E-state index in [0.717, 1.165) is 18.2 Å². The van der Waals surface area contributed by atoms with Crippen LogP contribution in [0.5, 0.6) is 0 Å². The fourth-order valence-corrected chi connectivity index (χ4v) is 4.19. The first-order chi connectivity index (χ1) is 8.78.